The van der Waals surface area contributed by atoms with Gasteiger partial charge in [0.1, 0.15) is 12.4 Å². The molecule has 24 heavy (non-hydrogen) atoms. The molecule has 0 bridgehead atoms. The molecular formula is C19H21NO4. The number of ether oxygens (including phenoxy) is 3. The summed E-state index contributed by atoms with van der Waals surface area (Å²) in [5, 5.41) is 3.00. The molecule has 0 spiro atoms. The standard InChI is InChI=1S/C19H21NO4/c21-19(18-14-22-11-12-23-18)20-17(15-7-3-1-4-8-15)13-24-16-9-5-2-6-10-16/h1-10,17-18H,11-14H2,(H,20,21). The van der Waals surface area contributed by atoms with Crippen LogP contribution < -0.4 is 10.1 Å². The first-order valence-electron chi connectivity index (χ1n) is 8.05. The van der Waals surface area contributed by atoms with Crippen LogP contribution in [0.15, 0.2) is 60.7 Å². The maximum absolute atomic E-state index is 12.4. The maximum atomic E-state index is 12.4. The van der Waals surface area contributed by atoms with E-state index in [1.54, 1.807) is 0 Å². The molecule has 2 atom stereocenters. The van der Waals surface area contributed by atoms with E-state index >= 15 is 0 Å². The van der Waals surface area contributed by atoms with E-state index < -0.39 is 6.10 Å². The summed E-state index contributed by atoms with van der Waals surface area (Å²) in [6, 6.07) is 19.1. The van der Waals surface area contributed by atoms with Gasteiger partial charge in [0, 0.05) is 0 Å². The van der Waals surface area contributed by atoms with Gasteiger partial charge < -0.3 is 19.5 Å². The molecule has 0 radical (unpaired) electrons. The normalized spacial score (nSPS) is 18.6. The van der Waals surface area contributed by atoms with Gasteiger partial charge in [0.05, 0.1) is 25.9 Å². The average Bonchev–Trinajstić information content (AvgIpc) is 2.67. The number of hydrogen-bond donors (Lipinski definition) is 1. The molecule has 5 nitrogen and oxygen atoms in total. The van der Waals surface area contributed by atoms with E-state index in [9.17, 15) is 4.79 Å². The largest absolute Gasteiger partial charge is 0.491 e. The third-order valence-corrected chi connectivity index (χ3v) is 3.79. The Hall–Kier alpha value is -2.37. The van der Waals surface area contributed by atoms with Crippen LogP contribution in [-0.2, 0) is 14.3 Å². The van der Waals surface area contributed by atoms with Crippen molar-refractivity contribution in [1.82, 2.24) is 5.32 Å². The van der Waals surface area contributed by atoms with E-state index in [1.807, 2.05) is 60.7 Å². The van der Waals surface area contributed by atoms with Crippen molar-refractivity contribution in [1.29, 1.82) is 0 Å². The van der Waals surface area contributed by atoms with Gasteiger partial charge >= 0.3 is 0 Å². The van der Waals surface area contributed by atoms with Gasteiger partial charge in [0.2, 0.25) is 0 Å². The van der Waals surface area contributed by atoms with Crippen molar-refractivity contribution in [2.45, 2.75) is 12.1 Å². The summed E-state index contributed by atoms with van der Waals surface area (Å²) >= 11 is 0. The molecule has 1 heterocycles. The summed E-state index contributed by atoms with van der Waals surface area (Å²) in [5.74, 6) is 0.588. The number of amides is 1. The Kier molecular flexibility index (Phi) is 5.82. The zero-order valence-corrected chi connectivity index (χ0v) is 13.4. The lowest BCUT2D eigenvalue weighted by molar-refractivity contribution is -0.148. The quantitative estimate of drug-likeness (QED) is 0.885. The minimum Gasteiger partial charge on any atom is -0.491 e. The molecule has 3 rings (SSSR count). The Morgan fingerprint density at radius 2 is 1.79 bits per heavy atom. The summed E-state index contributed by atoms with van der Waals surface area (Å²) in [5.41, 5.74) is 0.985. The molecule has 1 saturated heterocycles. The highest BCUT2D eigenvalue weighted by Gasteiger charge is 2.25. The highest BCUT2D eigenvalue weighted by Crippen LogP contribution is 2.17. The van der Waals surface area contributed by atoms with Gasteiger partial charge in [-0.25, -0.2) is 0 Å². The highest BCUT2D eigenvalue weighted by molar-refractivity contribution is 5.81. The van der Waals surface area contributed by atoms with Gasteiger partial charge in [0.15, 0.2) is 6.10 Å². The van der Waals surface area contributed by atoms with E-state index in [1.165, 1.54) is 0 Å². The molecule has 2 aromatic rings. The summed E-state index contributed by atoms with van der Waals surface area (Å²) in [7, 11) is 0. The van der Waals surface area contributed by atoms with Gasteiger partial charge in [-0.05, 0) is 17.7 Å². The number of carbonyl (C=O) groups is 1. The Morgan fingerprint density at radius 3 is 2.46 bits per heavy atom. The molecule has 5 heteroatoms. The number of carbonyl (C=O) groups excluding carboxylic acids is 1. The van der Waals surface area contributed by atoms with Gasteiger partial charge in [-0.1, -0.05) is 48.5 Å². The monoisotopic (exact) mass is 327 g/mol. The van der Waals surface area contributed by atoms with Crippen LogP contribution >= 0.6 is 0 Å². The molecule has 1 aliphatic rings. The molecule has 1 fully saturated rings. The predicted molar refractivity (Wildman–Crippen MR) is 89.8 cm³/mol. The fourth-order valence-electron chi connectivity index (χ4n) is 2.51. The summed E-state index contributed by atoms with van der Waals surface area (Å²) in [6.45, 7) is 1.60. The van der Waals surface area contributed by atoms with Crippen molar-refractivity contribution in [2.75, 3.05) is 26.4 Å². The van der Waals surface area contributed by atoms with E-state index in [0.29, 0.717) is 19.8 Å². The van der Waals surface area contributed by atoms with Crippen LogP contribution in [0.3, 0.4) is 0 Å². The van der Waals surface area contributed by atoms with Crippen LogP contribution in [0.25, 0.3) is 0 Å². The van der Waals surface area contributed by atoms with Crippen molar-refractivity contribution in [3.05, 3.63) is 66.2 Å². The third kappa shape index (κ3) is 4.57. The molecular weight excluding hydrogens is 306 g/mol. The average molecular weight is 327 g/mol. The third-order valence-electron chi connectivity index (χ3n) is 3.79. The SMILES string of the molecule is O=C(NC(COc1ccccc1)c1ccccc1)C1COCCO1. The summed E-state index contributed by atoms with van der Waals surface area (Å²) < 4.78 is 16.6. The lowest BCUT2D eigenvalue weighted by atomic mass is 10.1. The first-order valence-corrected chi connectivity index (χ1v) is 8.05. The number of hydrogen-bond acceptors (Lipinski definition) is 4. The van der Waals surface area contributed by atoms with Crippen LogP contribution in [0.2, 0.25) is 0 Å². The lowest BCUT2D eigenvalue weighted by Gasteiger charge is -2.25. The number of para-hydroxylation sites is 1. The predicted octanol–water partition coefficient (Wildman–Crippen LogP) is 2.34. The van der Waals surface area contributed by atoms with Gasteiger partial charge in [-0.15, -0.1) is 0 Å². The van der Waals surface area contributed by atoms with E-state index in [0.717, 1.165) is 11.3 Å². The fourth-order valence-corrected chi connectivity index (χ4v) is 2.51. The van der Waals surface area contributed by atoms with E-state index in [2.05, 4.69) is 5.32 Å². The lowest BCUT2D eigenvalue weighted by Crippen LogP contribution is -2.45. The molecule has 1 amide bonds. The minimum atomic E-state index is -0.568. The Labute approximate surface area is 141 Å². The van der Waals surface area contributed by atoms with Gasteiger partial charge in [-0.3, -0.25) is 4.79 Å². The van der Waals surface area contributed by atoms with Crippen LogP contribution in [0, 0.1) is 0 Å². The molecule has 1 N–H and O–H groups in total. The fraction of sp³-hybridized carbons (Fsp3) is 0.316. The zero-order chi connectivity index (χ0) is 16.6. The molecule has 2 unspecified atom stereocenters. The second-order valence-electron chi connectivity index (χ2n) is 5.53. The minimum absolute atomic E-state index is 0.180. The molecule has 1 aliphatic heterocycles. The van der Waals surface area contributed by atoms with Crippen LogP contribution in [-0.4, -0.2) is 38.4 Å². The molecule has 126 valence electrons. The number of benzene rings is 2. The van der Waals surface area contributed by atoms with Gasteiger partial charge in [-0.2, -0.15) is 0 Å². The first kappa shape index (κ1) is 16.5. The molecule has 0 aliphatic carbocycles. The van der Waals surface area contributed by atoms with Crippen molar-refractivity contribution < 1.29 is 19.0 Å². The van der Waals surface area contributed by atoms with Crippen molar-refractivity contribution in [3.63, 3.8) is 0 Å². The second kappa shape index (κ2) is 8.47. The Bertz CT molecular complexity index is 626. The highest BCUT2D eigenvalue weighted by atomic mass is 16.6. The molecule has 0 aromatic heterocycles. The zero-order valence-electron chi connectivity index (χ0n) is 13.4. The van der Waals surface area contributed by atoms with Crippen LogP contribution in [0.1, 0.15) is 11.6 Å². The maximum Gasteiger partial charge on any atom is 0.252 e. The number of rotatable bonds is 6. The molecule has 2 aromatic carbocycles. The van der Waals surface area contributed by atoms with Crippen LogP contribution in [0.5, 0.6) is 5.75 Å². The van der Waals surface area contributed by atoms with Crippen molar-refractivity contribution >= 4 is 5.91 Å². The summed E-state index contributed by atoms with van der Waals surface area (Å²) in [6.07, 6.45) is -0.568. The Morgan fingerprint density at radius 1 is 1.08 bits per heavy atom. The summed E-state index contributed by atoms with van der Waals surface area (Å²) in [4.78, 5) is 12.4. The van der Waals surface area contributed by atoms with E-state index in [4.69, 9.17) is 14.2 Å². The Balaban J connectivity index is 1.66. The first-order chi connectivity index (χ1) is 11.8. The topological polar surface area (TPSA) is 56.8 Å². The molecule has 0 saturated carbocycles. The number of nitrogens with one attached hydrogen (secondary N) is 1. The van der Waals surface area contributed by atoms with Crippen LogP contribution in [0.4, 0.5) is 0 Å². The van der Waals surface area contributed by atoms with E-state index in [-0.39, 0.29) is 18.6 Å². The smallest absolute Gasteiger partial charge is 0.252 e. The van der Waals surface area contributed by atoms with Crippen molar-refractivity contribution in [3.8, 4) is 5.75 Å². The second-order valence-corrected chi connectivity index (χ2v) is 5.53. The van der Waals surface area contributed by atoms with Gasteiger partial charge in [0.25, 0.3) is 5.91 Å². The van der Waals surface area contributed by atoms with Crippen molar-refractivity contribution in [2.24, 2.45) is 0 Å².